The van der Waals surface area contributed by atoms with Crippen LogP contribution in [0.2, 0.25) is 0 Å². The van der Waals surface area contributed by atoms with Crippen molar-refractivity contribution in [3.05, 3.63) is 58.7 Å². The highest BCUT2D eigenvalue weighted by atomic mass is 16.5. The molecule has 2 aliphatic carbocycles. The molecule has 2 aromatic carbocycles. The van der Waals surface area contributed by atoms with Crippen molar-refractivity contribution in [1.29, 1.82) is 0 Å². The number of fused-ring (bicyclic) bond motifs is 2. The van der Waals surface area contributed by atoms with Gasteiger partial charge < -0.3 is 9.47 Å². The topological polar surface area (TPSA) is 18.5 Å². The van der Waals surface area contributed by atoms with Crippen LogP contribution in [0.4, 0.5) is 0 Å². The molecular formula is C54H88O2. The third-order valence-electron chi connectivity index (χ3n) is 13.1. The molecule has 0 atom stereocenters. The van der Waals surface area contributed by atoms with Crippen molar-refractivity contribution >= 4 is 11.1 Å². The van der Waals surface area contributed by atoms with Gasteiger partial charge in [0.1, 0.15) is 11.5 Å². The van der Waals surface area contributed by atoms with Crippen molar-refractivity contribution < 1.29 is 9.47 Å². The second-order valence-corrected chi connectivity index (χ2v) is 19.4. The van der Waals surface area contributed by atoms with Crippen LogP contribution in [0.25, 0.3) is 11.1 Å². The number of benzene rings is 2. The molecule has 0 heterocycles. The zero-order valence-electron chi connectivity index (χ0n) is 37.9. The molecule has 0 radical (unpaired) electrons. The molecule has 4 rings (SSSR count). The largest absolute Gasteiger partial charge is 0.494 e. The normalized spacial score (nSPS) is 16.7. The fourth-order valence-corrected chi connectivity index (χ4v) is 9.84. The minimum atomic E-state index is 0.0783. The molecule has 0 saturated heterocycles. The van der Waals surface area contributed by atoms with Gasteiger partial charge in [0.25, 0.3) is 0 Å². The first-order valence-electron chi connectivity index (χ1n) is 24.5. The summed E-state index contributed by atoms with van der Waals surface area (Å²) in [5.74, 6) is 2.08. The minimum absolute atomic E-state index is 0.0783. The molecule has 0 spiro atoms. The van der Waals surface area contributed by atoms with Crippen LogP contribution in [-0.2, 0) is 12.8 Å². The van der Waals surface area contributed by atoms with Gasteiger partial charge in [0.15, 0.2) is 0 Å². The molecule has 2 nitrogen and oxygen atoms in total. The monoisotopic (exact) mass is 769 g/mol. The summed E-state index contributed by atoms with van der Waals surface area (Å²) in [6, 6.07) is 13.9. The van der Waals surface area contributed by atoms with E-state index in [1.807, 2.05) is 0 Å². The van der Waals surface area contributed by atoms with Gasteiger partial charge in [-0.05, 0) is 94.2 Å². The highest BCUT2D eigenvalue weighted by Crippen LogP contribution is 2.58. The van der Waals surface area contributed by atoms with Gasteiger partial charge in [0, 0.05) is 0 Å². The molecule has 2 aromatic rings. The lowest BCUT2D eigenvalue weighted by Crippen LogP contribution is -2.17. The van der Waals surface area contributed by atoms with Crippen LogP contribution in [0.15, 0.2) is 36.4 Å². The summed E-state index contributed by atoms with van der Waals surface area (Å²) < 4.78 is 12.9. The molecule has 0 N–H and O–H groups in total. The maximum atomic E-state index is 6.43. The first kappa shape index (κ1) is 46.5. The van der Waals surface area contributed by atoms with Crippen LogP contribution in [0.1, 0.15) is 244 Å². The van der Waals surface area contributed by atoms with Crippen molar-refractivity contribution in [3.63, 3.8) is 0 Å². The molecule has 0 amide bonds. The molecule has 0 bridgehead atoms. The Kier molecular flexibility index (Phi) is 21.6. The summed E-state index contributed by atoms with van der Waals surface area (Å²) >= 11 is 0. The van der Waals surface area contributed by atoms with E-state index in [4.69, 9.17) is 9.47 Å². The van der Waals surface area contributed by atoms with Crippen molar-refractivity contribution in [2.75, 3.05) is 13.2 Å². The molecule has 0 unspecified atom stereocenters. The molecule has 2 heteroatoms. The van der Waals surface area contributed by atoms with Crippen LogP contribution in [0.5, 0.6) is 11.5 Å². The Morgan fingerprint density at radius 2 is 0.643 bits per heavy atom. The number of allylic oxidation sites excluding steroid dienone is 2. The number of hydrogen-bond acceptors (Lipinski definition) is 2. The van der Waals surface area contributed by atoms with Crippen LogP contribution in [-0.4, -0.2) is 13.2 Å². The summed E-state index contributed by atoms with van der Waals surface area (Å²) in [5, 5.41) is 0. The highest BCUT2D eigenvalue weighted by molar-refractivity contribution is 6.00. The second-order valence-electron chi connectivity index (χ2n) is 19.4. The van der Waals surface area contributed by atoms with E-state index < -0.39 is 0 Å². The van der Waals surface area contributed by atoms with Gasteiger partial charge in [-0.2, -0.15) is 0 Å². The summed E-state index contributed by atoms with van der Waals surface area (Å²) in [4.78, 5) is 0. The summed E-state index contributed by atoms with van der Waals surface area (Å²) in [5.41, 5.74) is 8.98. The second kappa shape index (κ2) is 26.0. The zero-order chi connectivity index (χ0) is 39.9. The summed E-state index contributed by atoms with van der Waals surface area (Å²) in [6.07, 6.45) is 40.9. The molecular weight excluding hydrogens is 681 g/mol. The highest BCUT2D eigenvalue weighted by Gasteiger charge is 2.43. The van der Waals surface area contributed by atoms with Crippen LogP contribution >= 0.6 is 0 Å². The first-order valence-corrected chi connectivity index (χ1v) is 24.5. The van der Waals surface area contributed by atoms with Gasteiger partial charge in [-0.15, -0.1) is 0 Å². The van der Waals surface area contributed by atoms with Crippen molar-refractivity contribution in [1.82, 2.24) is 0 Å². The van der Waals surface area contributed by atoms with E-state index in [1.165, 1.54) is 200 Å². The Hall–Kier alpha value is -2.22. The molecule has 0 aromatic heterocycles. The van der Waals surface area contributed by atoms with Gasteiger partial charge in [0.05, 0.1) is 13.2 Å². The smallest absolute Gasteiger partial charge is 0.119 e. The third kappa shape index (κ3) is 15.9. The first-order chi connectivity index (χ1) is 27.3. The molecule has 0 saturated carbocycles. The maximum Gasteiger partial charge on any atom is 0.119 e. The van der Waals surface area contributed by atoms with Crippen molar-refractivity contribution in [2.45, 2.75) is 234 Å². The Labute approximate surface area is 347 Å². The number of rotatable bonds is 32. The Morgan fingerprint density at radius 1 is 0.375 bits per heavy atom. The SMILES string of the molecule is CCCCCCCCCCCCCCCCOc1ccc2c(c1)/C(=C1/c3cc(OCCCCCCCCCCCCCCCC)ccc3CC1(C)C)C(C)(C)C2. The van der Waals surface area contributed by atoms with E-state index >= 15 is 0 Å². The number of ether oxygens (including phenoxy) is 2. The lowest BCUT2D eigenvalue weighted by Gasteiger charge is -2.30. The third-order valence-corrected chi connectivity index (χ3v) is 13.1. The quantitative estimate of drug-likeness (QED) is 0.0690. The molecule has 316 valence electrons. The van der Waals surface area contributed by atoms with Crippen molar-refractivity contribution in [2.24, 2.45) is 10.8 Å². The van der Waals surface area contributed by atoms with Crippen LogP contribution < -0.4 is 9.47 Å². The Morgan fingerprint density at radius 3 is 0.929 bits per heavy atom. The van der Waals surface area contributed by atoms with Crippen LogP contribution in [0.3, 0.4) is 0 Å². The fourth-order valence-electron chi connectivity index (χ4n) is 9.84. The molecule has 56 heavy (non-hydrogen) atoms. The lowest BCUT2D eigenvalue weighted by molar-refractivity contribution is 0.304. The van der Waals surface area contributed by atoms with E-state index in [9.17, 15) is 0 Å². The predicted octanol–water partition coefficient (Wildman–Crippen LogP) is 17.5. The van der Waals surface area contributed by atoms with Crippen LogP contribution in [0, 0.1) is 10.8 Å². The van der Waals surface area contributed by atoms with Crippen molar-refractivity contribution in [3.8, 4) is 11.5 Å². The standard InChI is InChI=1S/C54H88O2/c1-7-9-11-13-15-17-19-21-23-25-27-29-31-33-39-55-47-37-35-45-43-53(3,4)51(49(45)41-47)52-50-42-48(38-36-46(50)44-54(52,5)6)56-40-34-32-30-28-26-24-22-20-18-16-14-12-10-8-2/h35-38,41-42H,7-34,39-40,43-44H2,1-6H3/b52-51+. The lowest BCUT2D eigenvalue weighted by atomic mass is 9.74. The van der Waals surface area contributed by atoms with E-state index in [0.717, 1.165) is 50.4 Å². The average Bonchev–Trinajstić information content (AvgIpc) is 3.59. The predicted molar refractivity (Wildman–Crippen MR) is 246 cm³/mol. The zero-order valence-corrected chi connectivity index (χ0v) is 37.9. The molecule has 0 fully saturated rings. The van der Waals surface area contributed by atoms with Gasteiger partial charge in [-0.1, -0.05) is 221 Å². The maximum absolute atomic E-state index is 6.43. The molecule has 2 aliphatic rings. The van der Waals surface area contributed by atoms with Gasteiger partial charge in [-0.25, -0.2) is 0 Å². The Bertz CT molecular complexity index is 1290. The van der Waals surface area contributed by atoms with E-state index in [-0.39, 0.29) is 10.8 Å². The Balaban J connectivity index is 1.20. The number of hydrogen-bond donors (Lipinski definition) is 0. The number of unbranched alkanes of at least 4 members (excludes halogenated alkanes) is 26. The van der Waals surface area contributed by atoms with E-state index in [1.54, 1.807) is 0 Å². The average molecular weight is 769 g/mol. The summed E-state index contributed by atoms with van der Waals surface area (Å²) in [6.45, 7) is 16.1. The van der Waals surface area contributed by atoms with E-state index in [0.29, 0.717) is 0 Å². The van der Waals surface area contributed by atoms with Gasteiger partial charge >= 0.3 is 0 Å². The summed E-state index contributed by atoms with van der Waals surface area (Å²) in [7, 11) is 0. The minimum Gasteiger partial charge on any atom is -0.494 e. The molecule has 0 aliphatic heterocycles. The van der Waals surface area contributed by atoms with E-state index in [2.05, 4.69) is 77.9 Å². The van der Waals surface area contributed by atoms with Gasteiger partial charge in [0.2, 0.25) is 0 Å². The fraction of sp³-hybridized carbons (Fsp3) is 0.741. The van der Waals surface area contributed by atoms with Gasteiger partial charge in [-0.3, -0.25) is 0 Å².